The van der Waals surface area contributed by atoms with E-state index in [0.717, 1.165) is 17.2 Å². The number of phenols is 1. The molecule has 2 N–H and O–H groups in total. The molecule has 0 radical (unpaired) electrons. The van der Waals surface area contributed by atoms with Crippen LogP contribution in [-0.4, -0.2) is 22.0 Å². The van der Waals surface area contributed by atoms with Gasteiger partial charge in [-0.1, -0.05) is 35.4 Å². The molecule has 0 bridgehead atoms. The van der Waals surface area contributed by atoms with E-state index >= 15 is 0 Å². The smallest absolute Gasteiger partial charge is 0.328 e. The number of halogens is 1. The molecule has 0 spiro atoms. The number of ether oxygens (including phenoxy) is 1. The fraction of sp³-hybridized carbons (Fsp3) is 0.0769. The van der Waals surface area contributed by atoms with Gasteiger partial charge in [-0.25, -0.2) is 4.79 Å². The molecule has 0 aliphatic carbocycles. The van der Waals surface area contributed by atoms with Crippen LogP contribution in [0.1, 0.15) is 31.9 Å². The summed E-state index contributed by atoms with van der Waals surface area (Å²) in [4.78, 5) is 24.7. The Morgan fingerprint density at radius 2 is 1.82 bits per heavy atom. The highest BCUT2D eigenvalue weighted by atomic mass is 35.5. The average molecular weight is 479 g/mol. The van der Waals surface area contributed by atoms with Crippen LogP contribution in [0.25, 0.3) is 16.2 Å². The Morgan fingerprint density at radius 3 is 2.52 bits per heavy atom. The molecule has 0 atom stereocenters. The first kappa shape index (κ1) is 22.6. The van der Waals surface area contributed by atoms with Crippen molar-refractivity contribution in [1.29, 1.82) is 0 Å². The lowest BCUT2D eigenvalue weighted by molar-refractivity contribution is -0.131. The number of aliphatic carboxylic acids is 1. The van der Waals surface area contributed by atoms with Gasteiger partial charge in [-0.05, 0) is 61.4 Å². The summed E-state index contributed by atoms with van der Waals surface area (Å²) in [5, 5.41) is 19.7. The van der Waals surface area contributed by atoms with E-state index in [1.165, 1.54) is 17.4 Å². The van der Waals surface area contributed by atoms with Crippen molar-refractivity contribution in [1.82, 2.24) is 0 Å². The van der Waals surface area contributed by atoms with Gasteiger partial charge in [-0.15, -0.1) is 11.3 Å². The SMILES string of the molecule is Cc1ccc(C(=O)c2sc3cc(O)ccc3c2Oc2ccc(/C=C/C(=O)O)c(Cl)c2)c(C)c1. The van der Waals surface area contributed by atoms with Gasteiger partial charge >= 0.3 is 5.97 Å². The molecule has 0 unspecified atom stereocenters. The number of ketones is 1. The summed E-state index contributed by atoms with van der Waals surface area (Å²) in [5.41, 5.74) is 3.03. The minimum absolute atomic E-state index is 0.0958. The standard InChI is InChI=1S/C26H19ClO5S/c1-14-3-8-19(15(2)11-14)24(31)26-25(20-9-6-17(28)12-22(20)33-26)32-18-7-4-16(21(27)13-18)5-10-23(29)30/h3-13,28H,1-2H3,(H,29,30)/b10-5+. The van der Waals surface area contributed by atoms with E-state index in [0.29, 0.717) is 42.6 Å². The van der Waals surface area contributed by atoms with E-state index in [9.17, 15) is 14.7 Å². The zero-order valence-electron chi connectivity index (χ0n) is 17.8. The zero-order chi connectivity index (χ0) is 23.7. The van der Waals surface area contributed by atoms with Gasteiger partial charge in [0.15, 0.2) is 5.75 Å². The Hall–Kier alpha value is -3.61. The van der Waals surface area contributed by atoms with Crippen molar-refractivity contribution < 1.29 is 24.5 Å². The third-order valence-corrected chi connectivity index (χ3v) is 6.52. The zero-order valence-corrected chi connectivity index (χ0v) is 19.3. The molecule has 1 aromatic heterocycles. The molecule has 0 aliphatic rings. The second kappa shape index (κ2) is 9.10. The van der Waals surface area contributed by atoms with Crippen LogP contribution in [-0.2, 0) is 4.79 Å². The molecular weight excluding hydrogens is 460 g/mol. The Bertz CT molecular complexity index is 1430. The van der Waals surface area contributed by atoms with Crippen LogP contribution in [0.4, 0.5) is 0 Å². The average Bonchev–Trinajstić information content (AvgIpc) is 3.10. The van der Waals surface area contributed by atoms with Crippen molar-refractivity contribution in [3.63, 3.8) is 0 Å². The van der Waals surface area contributed by atoms with Gasteiger partial charge < -0.3 is 14.9 Å². The maximum Gasteiger partial charge on any atom is 0.328 e. The molecule has 33 heavy (non-hydrogen) atoms. The van der Waals surface area contributed by atoms with E-state index < -0.39 is 5.97 Å². The highest BCUT2D eigenvalue weighted by molar-refractivity contribution is 7.21. The van der Waals surface area contributed by atoms with Crippen LogP contribution in [0.5, 0.6) is 17.2 Å². The fourth-order valence-corrected chi connectivity index (χ4v) is 4.84. The Morgan fingerprint density at radius 1 is 1.03 bits per heavy atom. The van der Waals surface area contributed by atoms with Gasteiger partial charge in [0.05, 0.1) is 5.02 Å². The molecule has 0 saturated heterocycles. The number of hydrogen-bond acceptors (Lipinski definition) is 5. The molecule has 0 amide bonds. The number of hydrogen-bond donors (Lipinski definition) is 2. The number of benzene rings is 3. The third-order valence-electron chi connectivity index (χ3n) is 5.06. The summed E-state index contributed by atoms with van der Waals surface area (Å²) in [7, 11) is 0. The fourth-order valence-electron chi connectivity index (χ4n) is 3.49. The molecule has 0 fully saturated rings. The van der Waals surface area contributed by atoms with Gasteiger partial charge in [0.25, 0.3) is 0 Å². The molecular formula is C26H19ClO5S. The first-order valence-electron chi connectivity index (χ1n) is 9.99. The van der Waals surface area contributed by atoms with Crippen molar-refractivity contribution in [2.45, 2.75) is 13.8 Å². The molecule has 0 aliphatic heterocycles. The number of aryl methyl sites for hydroxylation is 2. The van der Waals surface area contributed by atoms with E-state index in [-0.39, 0.29) is 11.5 Å². The number of thiophene rings is 1. The first-order valence-corrected chi connectivity index (χ1v) is 11.2. The van der Waals surface area contributed by atoms with Gasteiger partial charge in [0.2, 0.25) is 5.78 Å². The number of phenolic OH excluding ortho intramolecular Hbond substituents is 1. The van der Waals surface area contributed by atoms with Crippen LogP contribution in [0.2, 0.25) is 5.02 Å². The van der Waals surface area contributed by atoms with E-state index in [1.54, 1.807) is 42.5 Å². The molecule has 4 rings (SSSR count). The van der Waals surface area contributed by atoms with Crippen molar-refractivity contribution >= 4 is 50.9 Å². The number of carbonyl (C=O) groups is 2. The summed E-state index contributed by atoms with van der Waals surface area (Å²) in [6.45, 7) is 3.86. The van der Waals surface area contributed by atoms with Crippen molar-refractivity contribution in [3.05, 3.63) is 92.8 Å². The number of aromatic hydroxyl groups is 1. The van der Waals surface area contributed by atoms with Crippen LogP contribution < -0.4 is 4.74 Å². The predicted molar refractivity (Wildman–Crippen MR) is 131 cm³/mol. The van der Waals surface area contributed by atoms with Crippen LogP contribution in [0, 0.1) is 13.8 Å². The van der Waals surface area contributed by atoms with Crippen molar-refractivity contribution in [2.24, 2.45) is 0 Å². The predicted octanol–water partition coefficient (Wildman–Crippen LogP) is 7.00. The second-order valence-electron chi connectivity index (χ2n) is 7.55. The molecule has 3 aromatic carbocycles. The number of carboxylic acids is 1. The molecule has 1 heterocycles. The number of carbonyl (C=O) groups excluding carboxylic acids is 1. The van der Waals surface area contributed by atoms with Crippen molar-refractivity contribution in [3.8, 4) is 17.2 Å². The minimum Gasteiger partial charge on any atom is -0.508 e. The maximum atomic E-state index is 13.5. The summed E-state index contributed by atoms with van der Waals surface area (Å²) in [6, 6.07) is 15.4. The van der Waals surface area contributed by atoms with E-state index in [1.807, 2.05) is 26.0 Å². The Balaban J connectivity index is 1.79. The monoisotopic (exact) mass is 478 g/mol. The molecule has 166 valence electrons. The molecule has 4 aromatic rings. The van der Waals surface area contributed by atoms with Gasteiger partial charge in [0, 0.05) is 27.8 Å². The lowest BCUT2D eigenvalue weighted by Crippen LogP contribution is -2.03. The molecule has 7 heteroatoms. The molecule has 0 saturated carbocycles. The van der Waals surface area contributed by atoms with E-state index in [2.05, 4.69) is 0 Å². The quantitative estimate of drug-likeness (QED) is 0.230. The minimum atomic E-state index is -1.08. The van der Waals surface area contributed by atoms with Crippen LogP contribution in [0.15, 0.2) is 60.7 Å². The highest BCUT2D eigenvalue weighted by Gasteiger charge is 2.23. The maximum absolute atomic E-state index is 13.5. The lowest BCUT2D eigenvalue weighted by atomic mass is 10.0. The largest absolute Gasteiger partial charge is 0.508 e. The summed E-state index contributed by atoms with van der Waals surface area (Å²) in [6.07, 6.45) is 2.40. The highest BCUT2D eigenvalue weighted by Crippen LogP contribution is 2.43. The number of fused-ring (bicyclic) bond motifs is 1. The number of rotatable bonds is 6. The van der Waals surface area contributed by atoms with Crippen molar-refractivity contribution in [2.75, 3.05) is 0 Å². The second-order valence-corrected chi connectivity index (χ2v) is 9.00. The Labute approximate surface area is 199 Å². The van der Waals surface area contributed by atoms with E-state index in [4.69, 9.17) is 21.4 Å². The lowest BCUT2D eigenvalue weighted by Gasteiger charge is -2.10. The van der Waals surface area contributed by atoms with Gasteiger partial charge in [-0.3, -0.25) is 4.79 Å². The summed E-state index contributed by atoms with van der Waals surface area (Å²) in [5.74, 6) is -0.373. The molecule has 5 nitrogen and oxygen atoms in total. The summed E-state index contributed by atoms with van der Waals surface area (Å²) >= 11 is 7.55. The normalized spacial score (nSPS) is 11.2. The number of carboxylic acid groups (broad SMARTS) is 1. The third kappa shape index (κ3) is 4.77. The van der Waals surface area contributed by atoms with Gasteiger partial charge in [0.1, 0.15) is 16.4 Å². The van der Waals surface area contributed by atoms with Crippen LogP contribution in [0.3, 0.4) is 0 Å². The Kier molecular flexibility index (Phi) is 6.22. The first-order chi connectivity index (χ1) is 15.7. The topological polar surface area (TPSA) is 83.8 Å². The van der Waals surface area contributed by atoms with Crippen LogP contribution >= 0.6 is 22.9 Å². The summed E-state index contributed by atoms with van der Waals surface area (Å²) < 4.78 is 6.87. The van der Waals surface area contributed by atoms with Gasteiger partial charge in [-0.2, -0.15) is 0 Å².